The molecular weight excluding hydrogens is 467 g/mol. The lowest BCUT2D eigenvalue weighted by Gasteiger charge is -2.27. The number of fused-ring (bicyclic) bond motifs is 2. The molecule has 4 heterocycles. The fourth-order valence-corrected chi connectivity index (χ4v) is 6.44. The second-order valence-electron chi connectivity index (χ2n) is 9.70. The Morgan fingerprint density at radius 1 is 1.31 bits per heavy atom. The van der Waals surface area contributed by atoms with Crippen LogP contribution in [0.4, 0.5) is 15.9 Å². The topological polar surface area (TPSA) is 119 Å². The van der Waals surface area contributed by atoms with Crippen LogP contribution in [-0.2, 0) is 17.6 Å². The molecule has 35 heavy (non-hydrogen) atoms. The van der Waals surface area contributed by atoms with E-state index in [1.54, 1.807) is 13.2 Å². The third-order valence-electron chi connectivity index (χ3n) is 7.06. The number of methoxy groups -OCH3 is 1. The summed E-state index contributed by atoms with van der Waals surface area (Å²) in [5.41, 5.74) is 16.6. The van der Waals surface area contributed by atoms with Crippen LogP contribution in [0.5, 0.6) is 0 Å². The van der Waals surface area contributed by atoms with Crippen molar-refractivity contribution in [2.75, 3.05) is 37.4 Å². The lowest BCUT2D eigenvalue weighted by Crippen LogP contribution is -2.39. The number of halogens is 1. The molecule has 1 aliphatic carbocycles. The minimum Gasteiger partial charge on any atom is -0.397 e. The second-order valence-corrected chi connectivity index (χ2v) is 10.7. The first kappa shape index (κ1) is 23.9. The zero-order valence-corrected chi connectivity index (χ0v) is 21.0. The first-order valence-corrected chi connectivity index (χ1v) is 12.7. The van der Waals surface area contributed by atoms with E-state index in [1.807, 2.05) is 24.8 Å². The maximum absolute atomic E-state index is 15.1. The number of thiophene rings is 1. The van der Waals surface area contributed by atoms with Crippen LogP contribution in [0.2, 0.25) is 0 Å². The van der Waals surface area contributed by atoms with Gasteiger partial charge in [-0.1, -0.05) is 0 Å². The molecule has 8 nitrogen and oxygen atoms in total. The zero-order valence-electron chi connectivity index (χ0n) is 20.2. The highest BCUT2D eigenvalue weighted by Gasteiger charge is 2.33. The van der Waals surface area contributed by atoms with Crippen molar-refractivity contribution in [3.05, 3.63) is 45.3 Å². The third-order valence-corrected chi connectivity index (χ3v) is 8.16. The van der Waals surface area contributed by atoms with E-state index in [0.29, 0.717) is 48.9 Å². The first-order valence-electron chi connectivity index (χ1n) is 11.9. The smallest absolute Gasteiger partial charge is 0.263 e. The van der Waals surface area contributed by atoms with E-state index in [4.69, 9.17) is 16.2 Å². The van der Waals surface area contributed by atoms with Gasteiger partial charge in [0.25, 0.3) is 5.91 Å². The van der Waals surface area contributed by atoms with Crippen molar-refractivity contribution in [2.24, 2.45) is 11.7 Å². The largest absolute Gasteiger partial charge is 0.397 e. The number of carbonyl (C=O) groups excluding carboxylic acids is 1. The number of hydrogen-bond donors (Lipinski definition) is 3. The summed E-state index contributed by atoms with van der Waals surface area (Å²) in [7, 11) is 1.65. The first-order chi connectivity index (χ1) is 16.7. The number of nitrogens with two attached hydrogens (primary N) is 2. The molecule has 1 saturated heterocycles. The van der Waals surface area contributed by atoms with Crippen LogP contribution < -0.4 is 21.7 Å². The van der Waals surface area contributed by atoms with Gasteiger partial charge in [-0.25, -0.2) is 14.4 Å². The van der Waals surface area contributed by atoms with E-state index in [0.717, 1.165) is 39.2 Å². The monoisotopic (exact) mass is 498 g/mol. The fraction of sp³-hybridized carbons (Fsp3) is 0.480. The number of aryl methyl sites for hydroxylation is 3. The zero-order chi connectivity index (χ0) is 24.9. The second kappa shape index (κ2) is 9.33. The predicted octanol–water partition coefficient (Wildman–Crippen LogP) is 2.73. The Hall–Kier alpha value is -2.82. The van der Waals surface area contributed by atoms with Gasteiger partial charge in [-0.3, -0.25) is 4.79 Å². The molecule has 3 aromatic rings. The molecule has 0 radical (unpaired) electrons. The molecule has 1 amide bonds. The number of hydrogen-bond acceptors (Lipinski definition) is 8. The van der Waals surface area contributed by atoms with Gasteiger partial charge in [0.1, 0.15) is 9.71 Å². The molecule has 0 aromatic carbocycles. The van der Waals surface area contributed by atoms with Crippen molar-refractivity contribution in [2.45, 2.75) is 45.2 Å². The third kappa shape index (κ3) is 4.46. The van der Waals surface area contributed by atoms with Gasteiger partial charge >= 0.3 is 0 Å². The summed E-state index contributed by atoms with van der Waals surface area (Å²) in [6.07, 6.45) is 1.92. The Bertz CT molecular complexity index is 1290. The molecule has 3 unspecified atom stereocenters. The standard InChI is InChI=1S/C25H31FN6O2S/c1-12-6-13(2)29-25-20(12)21(28)22(35-25)24(33)30-16-4-5-19-14(7-16)8-17(26)23(31-19)32-9-15(11-34-3)18(27)10-32/h6,8,15-16,18H,4-5,7,9-11,27-28H2,1-3H3,(H,30,33). The average molecular weight is 499 g/mol. The molecule has 186 valence electrons. The highest BCUT2D eigenvalue weighted by Crippen LogP contribution is 2.35. The number of aromatic nitrogens is 2. The highest BCUT2D eigenvalue weighted by molar-refractivity contribution is 7.21. The Morgan fingerprint density at radius 2 is 2.11 bits per heavy atom. The van der Waals surface area contributed by atoms with Crippen LogP contribution in [-0.4, -0.2) is 54.8 Å². The van der Waals surface area contributed by atoms with Crippen molar-refractivity contribution in [3.63, 3.8) is 0 Å². The number of nitrogens with one attached hydrogen (secondary N) is 1. The van der Waals surface area contributed by atoms with Crippen molar-refractivity contribution in [3.8, 4) is 0 Å². The number of amides is 1. The number of pyridine rings is 2. The summed E-state index contributed by atoms with van der Waals surface area (Å²) in [6, 6.07) is 3.34. The van der Waals surface area contributed by atoms with Crippen LogP contribution in [0.1, 0.15) is 38.6 Å². The molecule has 1 fully saturated rings. The molecule has 1 aliphatic heterocycles. The van der Waals surface area contributed by atoms with Crippen molar-refractivity contribution < 1.29 is 13.9 Å². The van der Waals surface area contributed by atoms with E-state index >= 15 is 4.39 Å². The quantitative estimate of drug-likeness (QED) is 0.495. The van der Waals surface area contributed by atoms with Crippen LogP contribution in [0.3, 0.4) is 0 Å². The van der Waals surface area contributed by atoms with E-state index in [1.165, 1.54) is 11.3 Å². The minimum absolute atomic E-state index is 0.0731. The lowest BCUT2D eigenvalue weighted by molar-refractivity contribution is 0.0938. The molecule has 5 rings (SSSR count). The van der Waals surface area contributed by atoms with Crippen molar-refractivity contribution in [1.29, 1.82) is 0 Å². The minimum atomic E-state index is -0.355. The summed E-state index contributed by atoms with van der Waals surface area (Å²) in [4.78, 5) is 25.5. The number of anilines is 2. The van der Waals surface area contributed by atoms with Gasteiger partial charge in [-0.05, 0) is 56.4 Å². The van der Waals surface area contributed by atoms with E-state index in [2.05, 4.69) is 15.3 Å². The molecule has 3 atom stereocenters. The van der Waals surface area contributed by atoms with Crippen LogP contribution >= 0.6 is 11.3 Å². The molecule has 10 heteroatoms. The molecule has 5 N–H and O–H groups in total. The molecule has 2 aliphatic rings. The SMILES string of the molecule is COCC1CN(c2nc3c(cc2F)CC(NC(=O)c2sc4nc(C)cc(C)c4c2N)CC3)CC1N. The lowest BCUT2D eigenvalue weighted by atomic mass is 9.91. The van der Waals surface area contributed by atoms with Crippen LogP contribution in [0.25, 0.3) is 10.2 Å². The van der Waals surface area contributed by atoms with Crippen LogP contribution in [0, 0.1) is 25.6 Å². The van der Waals surface area contributed by atoms with Gasteiger partial charge in [-0.2, -0.15) is 0 Å². The van der Waals surface area contributed by atoms with Gasteiger partial charge in [0.2, 0.25) is 0 Å². The summed E-state index contributed by atoms with van der Waals surface area (Å²) < 4.78 is 20.3. The summed E-state index contributed by atoms with van der Waals surface area (Å²) in [5.74, 6) is -0.0551. The van der Waals surface area contributed by atoms with E-state index in [9.17, 15) is 4.79 Å². The molecular formula is C25H31FN6O2S. The van der Waals surface area contributed by atoms with E-state index < -0.39 is 0 Å². The fourth-order valence-electron chi connectivity index (χ4n) is 5.32. The average Bonchev–Trinajstić information content (AvgIpc) is 3.33. The maximum atomic E-state index is 15.1. The summed E-state index contributed by atoms with van der Waals surface area (Å²) in [5, 5.41) is 3.94. The van der Waals surface area contributed by atoms with E-state index in [-0.39, 0.29) is 29.7 Å². The number of nitrogen functional groups attached to an aromatic ring is 1. The van der Waals surface area contributed by atoms with Gasteiger partial charge < -0.3 is 26.4 Å². The Labute approximate surface area is 207 Å². The molecule has 0 spiro atoms. The number of nitrogens with zero attached hydrogens (tertiary/aromatic N) is 3. The van der Waals surface area contributed by atoms with Gasteiger partial charge in [0, 0.05) is 55.0 Å². The molecule has 0 saturated carbocycles. The highest BCUT2D eigenvalue weighted by atomic mass is 32.1. The maximum Gasteiger partial charge on any atom is 0.263 e. The van der Waals surface area contributed by atoms with Crippen molar-refractivity contribution >= 4 is 39.0 Å². The normalized spacial score (nSPS) is 22.0. The Morgan fingerprint density at radius 3 is 2.89 bits per heavy atom. The predicted molar refractivity (Wildman–Crippen MR) is 137 cm³/mol. The van der Waals surface area contributed by atoms with Gasteiger partial charge in [0.15, 0.2) is 11.6 Å². The number of rotatable bonds is 5. The number of ether oxygens (including phenoxy) is 1. The summed E-state index contributed by atoms with van der Waals surface area (Å²) in [6.45, 7) is 5.63. The van der Waals surface area contributed by atoms with Crippen LogP contribution in [0.15, 0.2) is 12.1 Å². The molecule has 0 bridgehead atoms. The van der Waals surface area contributed by atoms with Gasteiger partial charge in [-0.15, -0.1) is 11.3 Å². The van der Waals surface area contributed by atoms with Gasteiger partial charge in [0.05, 0.1) is 12.3 Å². The summed E-state index contributed by atoms with van der Waals surface area (Å²) >= 11 is 1.31. The Balaban J connectivity index is 1.31. The molecule has 3 aromatic heterocycles. The Kier molecular flexibility index (Phi) is 6.37. The van der Waals surface area contributed by atoms with Crippen molar-refractivity contribution in [1.82, 2.24) is 15.3 Å². The number of carbonyl (C=O) groups is 1.